The number of nitrogens with zero attached hydrogens (tertiary/aromatic N) is 4. The summed E-state index contributed by atoms with van der Waals surface area (Å²) >= 11 is 5.98. The molecule has 0 N–H and O–H groups in total. The molecule has 0 saturated carbocycles. The van der Waals surface area contributed by atoms with Crippen LogP contribution in [0.1, 0.15) is 0 Å². The Kier molecular flexibility index (Phi) is 3.05. The second kappa shape index (κ2) is 5.20. The molecule has 106 valence electrons. The highest BCUT2D eigenvalue weighted by Gasteiger charge is 2.07. The Morgan fingerprint density at radius 1 is 0.773 bits per heavy atom. The number of ether oxygens (including phenoxy) is 1. The van der Waals surface area contributed by atoms with Gasteiger partial charge in [0.25, 0.3) is 0 Å². The van der Waals surface area contributed by atoms with E-state index >= 15 is 0 Å². The third-order valence-electron chi connectivity index (χ3n) is 3.22. The Balaban J connectivity index is 1.78. The largest absolute Gasteiger partial charge is 0.438 e. The first-order chi connectivity index (χ1) is 10.8. The summed E-state index contributed by atoms with van der Waals surface area (Å²) in [5, 5.41) is 1.42. The van der Waals surface area contributed by atoms with Crippen molar-refractivity contribution in [3.8, 4) is 11.6 Å². The van der Waals surface area contributed by atoms with E-state index in [2.05, 4.69) is 19.9 Å². The molecule has 0 radical (unpaired) electrons. The fourth-order valence-corrected chi connectivity index (χ4v) is 2.37. The monoisotopic (exact) mass is 308 g/mol. The van der Waals surface area contributed by atoms with Gasteiger partial charge in [-0.1, -0.05) is 11.6 Å². The molecule has 2 heterocycles. The van der Waals surface area contributed by atoms with Crippen molar-refractivity contribution >= 4 is 33.5 Å². The van der Waals surface area contributed by atoms with Crippen LogP contribution in [0, 0.1) is 0 Å². The van der Waals surface area contributed by atoms with E-state index in [0.717, 1.165) is 21.9 Å². The number of hydrogen-bond acceptors (Lipinski definition) is 5. The molecule has 0 amide bonds. The van der Waals surface area contributed by atoms with Crippen LogP contribution in [0.15, 0.2) is 55.1 Å². The molecule has 0 aliphatic rings. The summed E-state index contributed by atoms with van der Waals surface area (Å²) in [5.74, 6) is 1.12. The van der Waals surface area contributed by atoms with E-state index in [1.807, 2.05) is 24.3 Å². The summed E-state index contributed by atoms with van der Waals surface area (Å²) in [6.45, 7) is 0. The first-order valence-corrected chi connectivity index (χ1v) is 6.96. The Morgan fingerprint density at radius 3 is 2.55 bits per heavy atom. The van der Waals surface area contributed by atoms with Gasteiger partial charge < -0.3 is 4.74 Å². The van der Waals surface area contributed by atoms with Gasteiger partial charge in [0.2, 0.25) is 5.88 Å². The molecular formula is C16H9ClN4O. The van der Waals surface area contributed by atoms with Crippen LogP contribution in [0.2, 0.25) is 5.02 Å². The SMILES string of the molecule is Clc1ccc2c(Oc3ccc4nccnc4c3)ncnc2c1. The molecule has 0 bridgehead atoms. The second-order valence-corrected chi connectivity index (χ2v) is 5.09. The third kappa shape index (κ3) is 2.31. The molecule has 2 aromatic carbocycles. The number of benzene rings is 2. The normalized spacial score (nSPS) is 11.0. The smallest absolute Gasteiger partial charge is 0.230 e. The van der Waals surface area contributed by atoms with Crippen LogP contribution in [-0.2, 0) is 0 Å². The Bertz CT molecular complexity index is 990. The lowest BCUT2D eigenvalue weighted by Gasteiger charge is -2.08. The van der Waals surface area contributed by atoms with Gasteiger partial charge in [-0.3, -0.25) is 9.97 Å². The Morgan fingerprint density at radius 2 is 1.64 bits per heavy atom. The number of hydrogen-bond donors (Lipinski definition) is 0. The fourth-order valence-electron chi connectivity index (χ4n) is 2.21. The number of halogens is 1. The van der Waals surface area contributed by atoms with Crippen molar-refractivity contribution in [2.75, 3.05) is 0 Å². The molecular weight excluding hydrogens is 300 g/mol. The predicted molar refractivity (Wildman–Crippen MR) is 84.2 cm³/mol. The number of aromatic nitrogens is 4. The lowest BCUT2D eigenvalue weighted by Crippen LogP contribution is -1.92. The van der Waals surface area contributed by atoms with E-state index < -0.39 is 0 Å². The van der Waals surface area contributed by atoms with Crippen molar-refractivity contribution in [2.45, 2.75) is 0 Å². The topological polar surface area (TPSA) is 60.8 Å². The molecule has 0 fully saturated rings. The number of fused-ring (bicyclic) bond motifs is 2. The average Bonchev–Trinajstić information content (AvgIpc) is 2.55. The maximum absolute atomic E-state index is 5.98. The lowest BCUT2D eigenvalue weighted by atomic mass is 10.2. The third-order valence-corrected chi connectivity index (χ3v) is 3.45. The van der Waals surface area contributed by atoms with Crippen molar-refractivity contribution in [3.05, 3.63) is 60.1 Å². The van der Waals surface area contributed by atoms with E-state index in [9.17, 15) is 0 Å². The minimum absolute atomic E-state index is 0.477. The van der Waals surface area contributed by atoms with Crippen molar-refractivity contribution in [1.82, 2.24) is 19.9 Å². The van der Waals surface area contributed by atoms with Crippen LogP contribution in [0.5, 0.6) is 11.6 Å². The molecule has 0 aliphatic heterocycles. The summed E-state index contributed by atoms with van der Waals surface area (Å²) in [5.41, 5.74) is 2.31. The first-order valence-electron chi connectivity index (χ1n) is 6.58. The maximum Gasteiger partial charge on any atom is 0.230 e. The van der Waals surface area contributed by atoms with Gasteiger partial charge in [0.05, 0.1) is 21.9 Å². The van der Waals surface area contributed by atoms with Crippen LogP contribution in [0.25, 0.3) is 21.9 Å². The van der Waals surface area contributed by atoms with Gasteiger partial charge in [0.1, 0.15) is 12.1 Å². The summed E-state index contributed by atoms with van der Waals surface area (Å²) in [4.78, 5) is 16.9. The number of rotatable bonds is 2. The van der Waals surface area contributed by atoms with Gasteiger partial charge in [0.15, 0.2) is 0 Å². The van der Waals surface area contributed by atoms with Crippen molar-refractivity contribution in [1.29, 1.82) is 0 Å². The Hall–Kier alpha value is -2.79. The summed E-state index contributed by atoms with van der Waals surface area (Å²) in [7, 11) is 0. The highest BCUT2D eigenvalue weighted by atomic mass is 35.5. The molecule has 0 aliphatic carbocycles. The van der Waals surface area contributed by atoms with E-state index in [4.69, 9.17) is 16.3 Å². The highest BCUT2D eigenvalue weighted by molar-refractivity contribution is 6.31. The molecule has 22 heavy (non-hydrogen) atoms. The molecule has 0 saturated heterocycles. The zero-order chi connectivity index (χ0) is 14.9. The van der Waals surface area contributed by atoms with Gasteiger partial charge in [-0.2, -0.15) is 0 Å². The van der Waals surface area contributed by atoms with Gasteiger partial charge in [-0.25, -0.2) is 9.97 Å². The van der Waals surface area contributed by atoms with Crippen LogP contribution < -0.4 is 4.74 Å². The molecule has 4 aromatic rings. The van der Waals surface area contributed by atoms with Crippen molar-refractivity contribution in [3.63, 3.8) is 0 Å². The van der Waals surface area contributed by atoms with E-state index in [-0.39, 0.29) is 0 Å². The van der Waals surface area contributed by atoms with Crippen LogP contribution in [0.4, 0.5) is 0 Å². The fraction of sp³-hybridized carbons (Fsp3) is 0. The average molecular weight is 309 g/mol. The standard InChI is InChI=1S/C16H9ClN4O/c17-10-1-3-12-14(7-10)20-9-21-16(12)22-11-2-4-13-15(8-11)19-6-5-18-13/h1-9H. The minimum Gasteiger partial charge on any atom is -0.438 e. The van der Waals surface area contributed by atoms with E-state index in [1.54, 1.807) is 24.5 Å². The second-order valence-electron chi connectivity index (χ2n) is 4.65. The molecule has 0 spiro atoms. The summed E-state index contributed by atoms with van der Waals surface area (Å²) < 4.78 is 5.88. The molecule has 5 nitrogen and oxygen atoms in total. The van der Waals surface area contributed by atoms with Gasteiger partial charge >= 0.3 is 0 Å². The lowest BCUT2D eigenvalue weighted by molar-refractivity contribution is 0.469. The van der Waals surface area contributed by atoms with E-state index in [0.29, 0.717) is 16.7 Å². The zero-order valence-electron chi connectivity index (χ0n) is 11.3. The first kappa shape index (κ1) is 12.9. The van der Waals surface area contributed by atoms with Crippen LogP contribution >= 0.6 is 11.6 Å². The van der Waals surface area contributed by atoms with Crippen LogP contribution in [-0.4, -0.2) is 19.9 Å². The Labute approximate surface area is 130 Å². The van der Waals surface area contributed by atoms with Gasteiger partial charge in [-0.05, 0) is 30.3 Å². The highest BCUT2D eigenvalue weighted by Crippen LogP contribution is 2.29. The minimum atomic E-state index is 0.477. The molecule has 0 unspecified atom stereocenters. The molecule has 2 aromatic heterocycles. The predicted octanol–water partition coefficient (Wildman–Crippen LogP) is 4.02. The van der Waals surface area contributed by atoms with Crippen LogP contribution in [0.3, 0.4) is 0 Å². The van der Waals surface area contributed by atoms with E-state index in [1.165, 1.54) is 6.33 Å². The zero-order valence-corrected chi connectivity index (χ0v) is 12.0. The maximum atomic E-state index is 5.98. The van der Waals surface area contributed by atoms with Gasteiger partial charge in [-0.15, -0.1) is 0 Å². The van der Waals surface area contributed by atoms with Gasteiger partial charge in [0, 0.05) is 23.5 Å². The summed E-state index contributed by atoms with van der Waals surface area (Å²) in [6, 6.07) is 10.9. The molecule has 0 atom stereocenters. The molecule has 6 heteroatoms. The summed E-state index contributed by atoms with van der Waals surface area (Å²) in [6.07, 6.45) is 4.76. The molecule has 4 rings (SSSR count). The quantitative estimate of drug-likeness (QED) is 0.559. The van der Waals surface area contributed by atoms with Crippen molar-refractivity contribution < 1.29 is 4.74 Å². The van der Waals surface area contributed by atoms with Crippen molar-refractivity contribution in [2.24, 2.45) is 0 Å².